The largest absolute Gasteiger partial charge is 0.293 e. The molecular weight excluding hydrogens is 214 g/mol. The van der Waals surface area contributed by atoms with Gasteiger partial charge in [0.25, 0.3) is 0 Å². The fraction of sp³-hybridized carbons (Fsp3) is 0.333. The van der Waals surface area contributed by atoms with Gasteiger partial charge in [0.05, 0.1) is 0 Å². The van der Waals surface area contributed by atoms with E-state index in [0.29, 0.717) is 0 Å². The summed E-state index contributed by atoms with van der Waals surface area (Å²) in [6, 6.07) is 8.30. The van der Waals surface area contributed by atoms with Gasteiger partial charge in [-0.05, 0) is 18.9 Å². The number of nitrogens with zero attached hydrogens (tertiary/aromatic N) is 4. The zero-order valence-electron chi connectivity index (χ0n) is 9.80. The van der Waals surface area contributed by atoms with Gasteiger partial charge in [-0.25, -0.2) is 0 Å². The maximum Gasteiger partial charge on any atom is 0.174 e. The first-order chi connectivity index (χ1) is 8.34. The summed E-state index contributed by atoms with van der Waals surface area (Å²) in [7, 11) is 0. The van der Waals surface area contributed by atoms with E-state index in [9.17, 15) is 0 Å². The number of benzene rings is 1. The number of aromatic nitrogens is 4. The lowest BCUT2D eigenvalue weighted by Crippen LogP contribution is -1.92. The summed E-state index contributed by atoms with van der Waals surface area (Å²) in [6.45, 7) is 2.86. The number of H-pyrrole nitrogens is 1. The Bertz CT molecular complexity index is 458. The molecule has 17 heavy (non-hydrogen) atoms. The number of tetrazole rings is 1. The molecule has 0 aliphatic rings. The minimum atomic E-state index is 0.746. The highest BCUT2D eigenvalue weighted by Gasteiger charge is 1.95. The van der Waals surface area contributed by atoms with Gasteiger partial charge in [0.1, 0.15) is 0 Å². The minimum Gasteiger partial charge on any atom is -0.293 e. The van der Waals surface area contributed by atoms with Crippen LogP contribution in [0.25, 0.3) is 0 Å². The summed E-state index contributed by atoms with van der Waals surface area (Å²) in [5.74, 6) is 0.746. The second-order valence-electron chi connectivity index (χ2n) is 3.88. The van der Waals surface area contributed by atoms with Crippen LogP contribution >= 0.6 is 0 Å². The number of rotatable bonds is 5. The number of aliphatic imine (C=N–C) groups is 1. The first kappa shape index (κ1) is 11.4. The maximum atomic E-state index is 4.36. The first-order valence-corrected chi connectivity index (χ1v) is 5.63. The minimum absolute atomic E-state index is 0.746. The topological polar surface area (TPSA) is 66.8 Å². The fourth-order valence-corrected chi connectivity index (χ4v) is 1.44. The van der Waals surface area contributed by atoms with E-state index < -0.39 is 0 Å². The molecule has 0 aliphatic heterocycles. The number of hydrogen-bond donors (Lipinski definition) is 1. The molecule has 1 heterocycles. The molecule has 0 fully saturated rings. The Morgan fingerprint density at radius 2 is 2.12 bits per heavy atom. The van der Waals surface area contributed by atoms with E-state index in [-0.39, 0.29) is 0 Å². The lowest BCUT2D eigenvalue weighted by molar-refractivity contribution is 0.786. The van der Waals surface area contributed by atoms with Crippen LogP contribution in [0.3, 0.4) is 0 Å². The molecule has 2 aromatic rings. The smallest absolute Gasteiger partial charge is 0.174 e. The predicted molar refractivity (Wildman–Crippen MR) is 66.1 cm³/mol. The number of aromatic amines is 1. The zero-order chi connectivity index (χ0) is 11.9. The van der Waals surface area contributed by atoms with Crippen LogP contribution < -0.4 is 0 Å². The van der Waals surface area contributed by atoms with Crippen molar-refractivity contribution in [3.05, 3.63) is 41.2 Å². The summed E-state index contributed by atoms with van der Waals surface area (Å²) < 4.78 is 0. The molecule has 5 heteroatoms. The van der Waals surface area contributed by atoms with Crippen molar-refractivity contribution >= 4 is 6.21 Å². The Morgan fingerprint density at radius 3 is 2.82 bits per heavy atom. The van der Waals surface area contributed by atoms with E-state index in [1.807, 2.05) is 6.21 Å². The monoisotopic (exact) mass is 229 g/mol. The van der Waals surface area contributed by atoms with Crippen molar-refractivity contribution in [3.8, 4) is 0 Å². The Balaban J connectivity index is 1.73. The lowest BCUT2D eigenvalue weighted by Gasteiger charge is -1.95. The molecule has 5 nitrogen and oxygen atoms in total. The number of hydrogen-bond acceptors (Lipinski definition) is 4. The Morgan fingerprint density at radius 1 is 1.29 bits per heavy atom. The Kier molecular flexibility index (Phi) is 3.96. The van der Waals surface area contributed by atoms with Crippen molar-refractivity contribution in [1.29, 1.82) is 0 Å². The van der Waals surface area contributed by atoms with Gasteiger partial charge in [-0.15, -0.1) is 10.2 Å². The fourth-order valence-electron chi connectivity index (χ4n) is 1.44. The van der Waals surface area contributed by atoms with Crippen molar-refractivity contribution < 1.29 is 0 Å². The highest BCUT2D eigenvalue weighted by atomic mass is 15.5. The second kappa shape index (κ2) is 5.89. The number of aryl methyl sites for hydroxylation is 2. The van der Waals surface area contributed by atoms with Crippen molar-refractivity contribution in [2.45, 2.75) is 19.8 Å². The molecule has 1 aromatic carbocycles. The molecule has 0 saturated carbocycles. The van der Waals surface area contributed by atoms with Crippen molar-refractivity contribution in [2.24, 2.45) is 4.99 Å². The van der Waals surface area contributed by atoms with E-state index in [2.05, 4.69) is 56.8 Å². The van der Waals surface area contributed by atoms with Crippen molar-refractivity contribution in [3.63, 3.8) is 0 Å². The third-order valence-electron chi connectivity index (χ3n) is 2.39. The molecule has 0 amide bonds. The van der Waals surface area contributed by atoms with Gasteiger partial charge in [-0.2, -0.15) is 5.21 Å². The van der Waals surface area contributed by atoms with Gasteiger partial charge in [-0.3, -0.25) is 4.99 Å². The predicted octanol–water partition coefficient (Wildman–Crippen LogP) is 1.56. The standard InChI is InChI=1S/C12H15N5/c1-10-4-6-11(7-5-10)9-13-8-2-3-12-14-16-17-15-12/h4-7,9H,2-3,8H2,1H3,(H,14,15,16,17). The summed E-state index contributed by atoms with van der Waals surface area (Å²) in [5.41, 5.74) is 2.40. The van der Waals surface area contributed by atoms with Crippen molar-refractivity contribution in [2.75, 3.05) is 6.54 Å². The van der Waals surface area contributed by atoms with Gasteiger partial charge in [0, 0.05) is 19.2 Å². The molecule has 2 rings (SSSR count). The van der Waals surface area contributed by atoms with E-state index in [1.165, 1.54) is 5.56 Å². The van der Waals surface area contributed by atoms with E-state index in [0.717, 1.165) is 30.8 Å². The van der Waals surface area contributed by atoms with Gasteiger partial charge in [0.2, 0.25) is 0 Å². The molecule has 0 radical (unpaired) electrons. The molecule has 0 saturated heterocycles. The van der Waals surface area contributed by atoms with Gasteiger partial charge in [-0.1, -0.05) is 35.0 Å². The molecular formula is C12H15N5. The molecule has 0 aliphatic carbocycles. The summed E-state index contributed by atoms with van der Waals surface area (Å²) >= 11 is 0. The maximum absolute atomic E-state index is 4.36. The SMILES string of the molecule is Cc1ccc(C=NCCCc2nn[nH]n2)cc1. The van der Waals surface area contributed by atoms with Crippen LogP contribution in [-0.2, 0) is 6.42 Å². The molecule has 0 spiro atoms. The molecule has 0 atom stereocenters. The average molecular weight is 229 g/mol. The van der Waals surface area contributed by atoms with Gasteiger partial charge < -0.3 is 0 Å². The van der Waals surface area contributed by atoms with Gasteiger partial charge >= 0.3 is 0 Å². The second-order valence-corrected chi connectivity index (χ2v) is 3.88. The van der Waals surface area contributed by atoms with E-state index >= 15 is 0 Å². The average Bonchev–Trinajstić information content (AvgIpc) is 2.84. The van der Waals surface area contributed by atoms with Crippen LogP contribution in [0, 0.1) is 6.92 Å². The Hall–Kier alpha value is -2.04. The van der Waals surface area contributed by atoms with Crippen molar-refractivity contribution in [1.82, 2.24) is 20.6 Å². The molecule has 1 aromatic heterocycles. The zero-order valence-corrected chi connectivity index (χ0v) is 9.80. The third kappa shape index (κ3) is 3.79. The lowest BCUT2D eigenvalue weighted by atomic mass is 10.2. The first-order valence-electron chi connectivity index (χ1n) is 5.63. The molecule has 0 bridgehead atoms. The molecule has 88 valence electrons. The van der Waals surface area contributed by atoms with Crippen LogP contribution in [-0.4, -0.2) is 33.4 Å². The van der Waals surface area contributed by atoms with Crippen LogP contribution in [0.1, 0.15) is 23.4 Å². The van der Waals surface area contributed by atoms with Crippen LogP contribution in [0.4, 0.5) is 0 Å². The quantitative estimate of drug-likeness (QED) is 0.625. The third-order valence-corrected chi connectivity index (χ3v) is 2.39. The number of nitrogens with one attached hydrogen (secondary N) is 1. The highest BCUT2D eigenvalue weighted by molar-refractivity contribution is 5.79. The summed E-state index contributed by atoms with van der Waals surface area (Å²) in [4.78, 5) is 4.36. The van der Waals surface area contributed by atoms with Crippen LogP contribution in [0.2, 0.25) is 0 Å². The van der Waals surface area contributed by atoms with E-state index in [1.54, 1.807) is 0 Å². The summed E-state index contributed by atoms with van der Waals surface area (Å²) in [5, 5.41) is 13.7. The normalized spacial score (nSPS) is 11.1. The van der Waals surface area contributed by atoms with Crippen LogP contribution in [0.5, 0.6) is 0 Å². The molecule has 1 N–H and O–H groups in total. The van der Waals surface area contributed by atoms with Crippen LogP contribution in [0.15, 0.2) is 29.3 Å². The highest BCUT2D eigenvalue weighted by Crippen LogP contribution is 2.00. The summed E-state index contributed by atoms with van der Waals surface area (Å²) in [6.07, 6.45) is 3.64. The molecule has 0 unspecified atom stereocenters. The Labute approximate surface area is 100.0 Å². The van der Waals surface area contributed by atoms with E-state index in [4.69, 9.17) is 0 Å². The van der Waals surface area contributed by atoms with Gasteiger partial charge in [0.15, 0.2) is 5.82 Å².